The Bertz CT molecular complexity index is 927. The van der Waals surface area contributed by atoms with Crippen LogP contribution in [0.1, 0.15) is 32.3 Å². The first-order valence-corrected chi connectivity index (χ1v) is 7.31. The Morgan fingerprint density at radius 1 is 0.913 bits per heavy atom. The normalized spacial score (nSPS) is 14.3. The maximum absolute atomic E-state index is 12.6. The zero-order valence-electron chi connectivity index (χ0n) is 12.4. The lowest BCUT2D eigenvalue weighted by Gasteiger charge is -2.08. The van der Waals surface area contributed by atoms with E-state index >= 15 is 0 Å². The van der Waals surface area contributed by atoms with Crippen molar-refractivity contribution in [2.75, 3.05) is 7.11 Å². The number of methoxy groups -OCH3 is 1. The molecule has 1 aliphatic rings. The van der Waals surface area contributed by atoms with E-state index in [1.165, 1.54) is 0 Å². The number of pyridine rings is 1. The smallest absolute Gasteiger partial charge is 0.180 e. The fraction of sp³-hybridized carbons (Fsp3) is 0.105. The number of carbonyl (C=O) groups excluding carboxylic acids is 2. The van der Waals surface area contributed by atoms with Gasteiger partial charge in [-0.3, -0.25) is 14.6 Å². The second-order valence-electron chi connectivity index (χ2n) is 5.50. The number of ether oxygens (including phenoxy) is 1. The molecule has 0 bridgehead atoms. The van der Waals surface area contributed by atoms with Gasteiger partial charge in [-0.2, -0.15) is 0 Å². The molecule has 0 saturated heterocycles. The van der Waals surface area contributed by atoms with Gasteiger partial charge in [0.25, 0.3) is 0 Å². The molecule has 23 heavy (non-hydrogen) atoms. The van der Waals surface area contributed by atoms with Crippen LogP contribution in [0.4, 0.5) is 0 Å². The number of Topliss-reactive ketones (excluding diaryl/α,β-unsaturated/α-hetero) is 2. The minimum Gasteiger partial charge on any atom is -0.497 e. The van der Waals surface area contributed by atoms with Crippen LogP contribution in [-0.2, 0) is 0 Å². The van der Waals surface area contributed by atoms with Crippen molar-refractivity contribution < 1.29 is 14.3 Å². The predicted octanol–water partition coefficient (Wildman–Crippen LogP) is 3.41. The Morgan fingerprint density at radius 3 is 2.22 bits per heavy atom. The first-order chi connectivity index (χ1) is 11.2. The third kappa shape index (κ3) is 2.03. The number of carbonyl (C=O) groups is 2. The highest BCUT2D eigenvalue weighted by atomic mass is 16.5. The average molecular weight is 303 g/mol. The molecular formula is C19H13NO3. The second-order valence-corrected chi connectivity index (χ2v) is 5.50. The summed E-state index contributed by atoms with van der Waals surface area (Å²) in [6.45, 7) is 0. The zero-order valence-corrected chi connectivity index (χ0v) is 12.4. The van der Waals surface area contributed by atoms with Gasteiger partial charge in [0.05, 0.1) is 18.3 Å². The highest BCUT2D eigenvalue weighted by Gasteiger charge is 2.40. The van der Waals surface area contributed by atoms with Gasteiger partial charge in [-0.05, 0) is 18.2 Å². The number of rotatable bonds is 2. The summed E-state index contributed by atoms with van der Waals surface area (Å²) in [5.41, 5.74) is 2.15. The molecule has 0 saturated carbocycles. The van der Waals surface area contributed by atoms with E-state index < -0.39 is 5.92 Å². The molecule has 4 heteroatoms. The Balaban J connectivity index is 1.84. The topological polar surface area (TPSA) is 56.3 Å². The molecule has 2 aromatic carbocycles. The lowest BCUT2D eigenvalue weighted by molar-refractivity contribution is 0.0888. The minimum atomic E-state index is -0.844. The number of hydrogen-bond donors (Lipinski definition) is 0. The maximum atomic E-state index is 12.6. The van der Waals surface area contributed by atoms with E-state index in [9.17, 15) is 9.59 Å². The van der Waals surface area contributed by atoms with E-state index in [-0.39, 0.29) is 11.6 Å². The summed E-state index contributed by atoms with van der Waals surface area (Å²) in [6.07, 6.45) is 0. The maximum Gasteiger partial charge on any atom is 0.180 e. The third-order valence-corrected chi connectivity index (χ3v) is 4.20. The van der Waals surface area contributed by atoms with Crippen molar-refractivity contribution in [3.63, 3.8) is 0 Å². The fourth-order valence-electron chi connectivity index (χ4n) is 3.01. The SMILES string of the molecule is COc1ccc2ccc(C3C(=O)c4ccccc4C3=O)nc2c1. The third-order valence-electron chi connectivity index (χ3n) is 4.20. The van der Waals surface area contributed by atoms with Crippen LogP contribution in [0.5, 0.6) is 5.75 Å². The minimum absolute atomic E-state index is 0.180. The lowest BCUT2D eigenvalue weighted by Crippen LogP contribution is -2.14. The van der Waals surface area contributed by atoms with Crippen molar-refractivity contribution in [1.82, 2.24) is 4.98 Å². The van der Waals surface area contributed by atoms with E-state index in [0.29, 0.717) is 28.1 Å². The van der Waals surface area contributed by atoms with Crippen molar-refractivity contribution in [2.24, 2.45) is 0 Å². The number of hydrogen-bond acceptors (Lipinski definition) is 4. The molecule has 0 fully saturated rings. The van der Waals surface area contributed by atoms with Gasteiger partial charge in [0.1, 0.15) is 11.7 Å². The molecule has 1 aliphatic carbocycles. The average Bonchev–Trinajstić information content (AvgIpc) is 2.85. The molecule has 1 aromatic heterocycles. The number of fused-ring (bicyclic) bond motifs is 2. The summed E-state index contributed by atoms with van der Waals surface area (Å²) in [5, 5.41) is 0.935. The van der Waals surface area contributed by atoms with Gasteiger partial charge < -0.3 is 4.74 Å². The summed E-state index contributed by atoms with van der Waals surface area (Å²) >= 11 is 0. The summed E-state index contributed by atoms with van der Waals surface area (Å²) in [4.78, 5) is 29.7. The van der Waals surface area contributed by atoms with Gasteiger partial charge in [0.2, 0.25) is 0 Å². The Morgan fingerprint density at radius 2 is 1.57 bits per heavy atom. The Labute approximate surface area is 132 Å². The van der Waals surface area contributed by atoms with Crippen LogP contribution in [0.3, 0.4) is 0 Å². The molecule has 0 N–H and O–H groups in total. The molecule has 0 unspecified atom stereocenters. The van der Waals surface area contributed by atoms with Crippen molar-refractivity contribution in [2.45, 2.75) is 5.92 Å². The number of aromatic nitrogens is 1. The first-order valence-electron chi connectivity index (χ1n) is 7.31. The molecule has 0 spiro atoms. The standard InChI is InChI=1S/C19H13NO3/c1-23-12-8-6-11-7-9-15(20-16(11)10-12)17-18(21)13-4-2-3-5-14(13)19(17)22/h2-10,17H,1H3. The first kappa shape index (κ1) is 13.6. The van der Waals surface area contributed by atoms with Crippen LogP contribution >= 0.6 is 0 Å². The van der Waals surface area contributed by atoms with Gasteiger partial charge in [-0.25, -0.2) is 0 Å². The highest BCUT2D eigenvalue weighted by molar-refractivity contribution is 6.29. The van der Waals surface area contributed by atoms with Crippen LogP contribution in [-0.4, -0.2) is 23.7 Å². The molecular weight excluding hydrogens is 290 g/mol. The largest absolute Gasteiger partial charge is 0.497 e. The Hall–Kier alpha value is -3.01. The van der Waals surface area contributed by atoms with Crippen molar-refractivity contribution in [3.05, 3.63) is 71.4 Å². The Kier molecular flexibility index (Phi) is 2.98. The van der Waals surface area contributed by atoms with Crippen LogP contribution < -0.4 is 4.74 Å². The fourth-order valence-corrected chi connectivity index (χ4v) is 3.01. The van der Waals surface area contributed by atoms with Gasteiger partial charge in [0.15, 0.2) is 11.6 Å². The number of benzene rings is 2. The van der Waals surface area contributed by atoms with Crippen molar-refractivity contribution in [3.8, 4) is 5.75 Å². The van der Waals surface area contributed by atoms with Gasteiger partial charge in [-0.15, -0.1) is 0 Å². The lowest BCUT2D eigenvalue weighted by atomic mass is 9.98. The summed E-state index contributed by atoms with van der Waals surface area (Å²) in [5.74, 6) is -0.516. The summed E-state index contributed by atoms with van der Waals surface area (Å²) in [7, 11) is 1.59. The van der Waals surface area contributed by atoms with E-state index in [2.05, 4.69) is 4.98 Å². The number of nitrogens with zero attached hydrogens (tertiary/aromatic N) is 1. The van der Waals surface area contributed by atoms with E-state index in [4.69, 9.17) is 4.74 Å². The van der Waals surface area contributed by atoms with E-state index in [1.807, 2.05) is 18.2 Å². The van der Waals surface area contributed by atoms with E-state index in [0.717, 1.165) is 5.39 Å². The summed E-state index contributed by atoms with van der Waals surface area (Å²) < 4.78 is 5.21. The molecule has 4 rings (SSSR count). The van der Waals surface area contributed by atoms with Crippen LogP contribution in [0.15, 0.2) is 54.6 Å². The van der Waals surface area contributed by atoms with Crippen molar-refractivity contribution in [1.29, 1.82) is 0 Å². The highest BCUT2D eigenvalue weighted by Crippen LogP contribution is 2.34. The summed E-state index contributed by atoms with van der Waals surface area (Å²) in [6, 6.07) is 16.1. The van der Waals surface area contributed by atoms with Crippen LogP contribution in [0.25, 0.3) is 10.9 Å². The molecule has 0 atom stereocenters. The molecule has 1 heterocycles. The monoisotopic (exact) mass is 303 g/mol. The molecule has 0 radical (unpaired) electrons. The molecule has 0 amide bonds. The van der Waals surface area contributed by atoms with E-state index in [1.54, 1.807) is 43.5 Å². The van der Waals surface area contributed by atoms with Gasteiger partial charge in [-0.1, -0.05) is 30.3 Å². The number of ketones is 2. The molecule has 112 valence electrons. The molecule has 3 aromatic rings. The second kappa shape index (κ2) is 5.02. The molecule has 0 aliphatic heterocycles. The van der Waals surface area contributed by atoms with Gasteiger partial charge >= 0.3 is 0 Å². The zero-order chi connectivity index (χ0) is 16.0. The van der Waals surface area contributed by atoms with Crippen LogP contribution in [0.2, 0.25) is 0 Å². The quantitative estimate of drug-likeness (QED) is 0.681. The van der Waals surface area contributed by atoms with Crippen molar-refractivity contribution >= 4 is 22.5 Å². The van der Waals surface area contributed by atoms with Gasteiger partial charge in [0, 0.05) is 22.6 Å². The molecule has 4 nitrogen and oxygen atoms in total. The predicted molar refractivity (Wildman–Crippen MR) is 86.1 cm³/mol. The van der Waals surface area contributed by atoms with Crippen LogP contribution in [0, 0.1) is 0 Å².